The van der Waals surface area contributed by atoms with Crippen LogP contribution in [0.3, 0.4) is 0 Å². The van der Waals surface area contributed by atoms with Gasteiger partial charge < -0.3 is 9.47 Å². The van der Waals surface area contributed by atoms with E-state index in [1.165, 1.54) is 24.3 Å². The van der Waals surface area contributed by atoms with E-state index in [0.717, 1.165) is 22.2 Å². The molecule has 0 aromatic heterocycles. The van der Waals surface area contributed by atoms with Crippen molar-refractivity contribution in [2.24, 2.45) is 0 Å². The van der Waals surface area contributed by atoms with Crippen LogP contribution in [0.4, 0.5) is 4.79 Å². The Hall–Kier alpha value is -3.26. The maximum Gasteiger partial charge on any atom is 0.345 e. The Kier molecular flexibility index (Phi) is 7.80. The minimum atomic E-state index is -0.672. The molecule has 1 aliphatic heterocycles. The second kappa shape index (κ2) is 11.0. The van der Waals surface area contributed by atoms with Crippen LogP contribution in [0.1, 0.15) is 21.5 Å². The fraction of sp³-hybridized carbons (Fsp3) is 0.115. The van der Waals surface area contributed by atoms with Gasteiger partial charge in [-0.15, -0.1) is 0 Å². The number of thioether (sulfide) groups is 1. The Bertz CT molecular complexity index is 1340. The predicted octanol–water partition coefficient (Wildman–Crippen LogP) is 6.64. The molecule has 0 unspecified atom stereocenters. The number of carbonyl (C=O) groups is 3. The summed E-state index contributed by atoms with van der Waals surface area (Å²) in [6.45, 7) is 2.24. The standard InChI is InChI=1S/C26H19Cl2NO5S/c1-16-5-4-7-19(13-16)33-12-11-29-24(30)23(35-26(29)32)14-17-6-2-3-8-22(17)34-25(31)20-10-9-18(27)15-21(20)28/h2-10,13-15H,11-12H2,1H3/b23-14-. The van der Waals surface area contributed by atoms with Crippen LogP contribution in [0.2, 0.25) is 10.0 Å². The Labute approximate surface area is 216 Å². The van der Waals surface area contributed by atoms with Crippen LogP contribution in [0.15, 0.2) is 71.6 Å². The zero-order valence-electron chi connectivity index (χ0n) is 18.5. The molecule has 2 amide bonds. The summed E-state index contributed by atoms with van der Waals surface area (Å²) >= 11 is 12.8. The summed E-state index contributed by atoms with van der Waals surface area (Å²) in [7, 11) is 0. The van der Waals surface area contributed by atoms with Gasteiger partial charge in [-0.25, -0.2) is 4.79 Å². The molecule has 0 N–H and O–H groups in total. The summed E-state index contributed by atoms with van der Waals surface area (Å²) in [5.41, 5.74) is 1.67. The monoisotopic (exact) mass is 527 g/mol. The number of ether oxygens (including phenoxy) is 2. The van der Waals surface area contributed by atoms with Gasteiger partial charge in [0, 0.05) is 10.6 Å². The van der Waals surface area contributed by atoms with Crippen molar-refractivity contribution in [2.75, 3.05) is 13.2 Å². The van der Waals surface area contributed by atoms with Crippen molar-refractivity contribution in [2.45, 2.75) is 6.92 Å². The number of hydrogen-bond donors (Lipinski definition) is 0. The number of amides is 2. The van der Waals surface area contributed by atoms with Crippen LogP contribution < -0.4 is 9.47 Å². The maximum atomic E-state index is 12.9. The molecule has 3 aromatic rings. The normalized spacial score (nSPS) is 14.5. The van der Waals surface area contributed by atoms with Crippen molar-refractivity contribution in [3.63, 3.8) is 0 Å². The molecule has 3 aromatic carbocycles. The number of esters is 1. The SMILES string of the molecule is Cc1cccc(OCCN2C(=O)S/C(=C\c3ccccc3OC(=O)c3ccc(Cl)cc3Cl)C2=O)c1. The number of para-hydroxylation sites is 1. The van der Waals surface area contributed by atoms with Crippen molar-refractivity contribution in [3.05, 3.63) is 98.4 Å². The van der Waals surface area contributed by atoms with E-state index in [0.29, 0.717) is 16.3 Å². The molecular weight excluding hydrogens is 509 g/mol. The van der Waals surface area contributed by atoms with Crippen LogP contribution in [-0.2, 0) is 4.79 Å². The Morgan fingerprint density at radius 2 is 1.83 bits per heavy atom. The Morgan fingerprint density at radius 1 is 1.03 bits per heavy atom. The minimum absolute atomic E-state index is 0.113. The molecule has 9 heteroatoms. The highest BCUT2D eigenvalue weighted by Crippen LogP contribution is 2.34. The van der Waals surface area contributed by atoms with E-state index in [1.807, 2.05) is 31.2 Å². The van der Waals surface area contributed by atoms with Gasteiger partial charge in [0.15, 0.2) is 0 Å². The highest BCUT2D eigenvalue weighted by molar-refractivity contribution is 8.18. The van der Waals surface area contributed by atoms with E-state index in [4.69, 9.17) is 32.7 Å². The third-order valence-electron chi connectivity index (χ3n) is 5.01. The Morgan fingerprint density at radius 3 is 2.60 bits per heavy atom. The van der Waals surface area contributed by atoms with E-state index in [2.05, 4.69) is 0 Å². The molecule has 0 bridgehead atoms. The summed E-state index contributed by atoms with van der Waals surface area (Å²) in [6.07, 6.45) is 1.53. The maximum absolute atomic E-state index is 12.9. The topological polar surface area (TPSA) is 72.9 Å². The average molecular weight is 528 g/mol. The number of carbonyl (C=O) groups excluding carboxylic acids is 3. The predicted molar refractivity (Wildman–Crippen MR) is 137 cm³/mol. The lowest BCUT2D eigenvalue weighted by Gasteiger charge is -2.13. The lowest BCUT2D eigenvalue weighted by molar-refractivity contribution is -0.123. The first-order valence-electron chi connectivity index (χ1n) is 10.5. The highest BCUT2D eigenvalue weighted by atomic mass is 35.5. The minimum Gasteiger partial charge on any atom is -0.492 e. The first-order chi connectivity index (χ1) is 16.8. The van der Waals surface area contributed by atoms with Crippen molar-refractivity contribution in [1.82, 2.24) is 4.90 Å². The van der Waals surface area contributed by atoms with Gasteiger partial charge in [-0.2, -0.15) is 0 Å². The van der Waals surface area contributed by atoms with Crippen molar-refractivity contribution < 1.29 is 23.9 Å². The zero-order chi connectivity index (χ0) is 24.9. The van der Waals surface area contributed by atoms with Gasteiger partial charge in [0.1, 0.15) is 18.1 Å². The Balaban J connectivity index is 1.46. The number of rotatable bonds is 7. The van der Waals surface area contributed by atoms with Gasteiger partial charge in [-0.1, -0.05) is 53.5 Å². The summed E-state index contributed by atoms with van der Waals surface area (Å²) in [5.74, 6) is -0.217. The summed E-state index contributed by atoms with van der Waals surface area (Å²) in [5, 5.41) is 0.164. The number of aryl methyl sites for hydroxylation is 1. The smallest absolute Gasteiger partial charge is 0.345 e. The van der Waals surface area contributed by atoms with E-state index in [-0.39, 0.29) is 34.4 Å². The molecule has 1 saturated heterocycles. The van der Waals surface area contributed by atoms with Gasteiger partial charge >= 0.3 is 5.97 Å². The molecule has 4 rings (SSSR count). The molecule has 6 nitrogen and oxygen atoms in total. The largest absolute Gasteiger partial charge is 0.492 e. The van der Waals surface area contributed by atoms with Crippen LogP contribution in [-0.4, -0.2) is 35.2 Å². The molecule has 1 aliphatic rings. The molecule has 1 fully saturated rings. The van der Waals surface area contributed by atoms with Crippen LogP contribution in [0, 0.1) is 6.92 Å². The molecule has 0 radical (unpaired) electrons. The fourth-order valence-corrected chi connectivity index (χ4v) is 4.64. The quantitative estimate of drug-likeness (QED) is 0.195. The number of benzene rings is 3. The molecule has 0 spiro atoms. The van der Waals surface area contributed by atoms with Crippen LogP contribution in [0.25, 0.3) is 6.08 Å². The number of halogens is 2. The van der Waals surface area contributed by atoms with Crippen molar-refractivity contribution in [3.8, 4) is 11.5 Å². The third-order valence-corrected chi connectivity index (χ3v) is 6.46. The fourth-order valence-electron chi connectivity index (χ4n) is 3.30. The lowest BCUT2D eigenvalue weighted by Crippen LogP contribution is -2.32. The number of nitrogens with zero attached hydrogens (tertiary/aromatic N) is 1. The van der Waals surface area contributed by atoms with Gasteiger partial charge in [0.2, 0.25) is 0 Å². The number of hydrogen-bond acceptors (Lipinski definition) is 6. The second-order valence-corrected chi connectivity index (χ2v) is 9.39. The number of imide groups is 1. The van der Waals surface area contributed by atoms with Gasteiger partial charge in [-0.3, -0.25) is 14.5 Å². The van der Waals surface area contributed by atoms with E-state index < -0.39 is 17.1 Å². The molecule has 1 heterocycles. The lowest BCUT2D eigenvalue weighted by atomic mass is 10.1. The summed E-state index contributed by atoms with van der Waals surface area (Å²) in [4.78, 5) is 39.3. The molecule has 178 valence electrons. The molecular formula is C26H19Cl2NO5S. The average Bonchev–Trinajstić information content (AvgIpc) is 3.07. The van der Waals surface area contributed by atoms with Crippen LogP contribution in [0.5, 0.6) is 11.5 Å². The third kappa shape index (κ3) is 6.06. The first kappa shape index (κ1) is 24.9. The second-order valence-electron chi connectivity index (χ2n) is 7.55. The van der Waals surface area contributed by atoms with E-state index in [9.17, 15) is 14.4 Å². The van der Waals surface area contributed by atoms with Gasteiger partial charge in [-0.05, 0) is 66.7 Å². The summed E-state index contributed by atoms with van der Waals surface area (Å²) in [6, 6.07) is 18.7. The van der Waals surface area contributed by atoms with Gasteiger partial charge in [0.05, 0.1) is 22.0 Å². The highest BCUT2D eigenvalue weighted by Gasteiger charge is 2.35. The zero-order valence-corrected chi connectivity index (χ0v) is 20.8. The van der Waals surface area contributed by atoms with E-state index >= 15 is 0 Å². The van der Waals surface area contributed by atoms with Gasteiger partial charge in [0.25, 0.3) is 11.1 Å². The van der Waals surface area contributed by atoms with Crippen molar-refractivity contribution >= 4 is 58.2 Å². The molecule has 0 aliphatic carbocycles. The molecule has 0 atom stereocenters. The van der Waals surface area contributed by atoms with Crippen LogP contribution >= 0.6 is 35.0 Å². The summed E-state index contributed by atoms with van der Waals surface area (Å²) < 4.78 is 11.2. The first-order valence-corrected chi connectivity index (χ1v) is 12.1. The molecule has 35 heavy (non-hydrogen) atoms. The van der Waals surface area contributed by atoms with E-state index in [1.54, 1.807) is 24.3 Å². The molecule has 0 saturated carbocycles. The van der Waals surface area contributed by atoms with Crippen molar-refractivity contribution in [1.29, 1.82) is 0 Å².